The van der Waals surface area contributed by atoms with Crippen LogP contribution in [-0.4, -0.2) is 20.2 Å². The molecular formula is C26H35NO4Si. The fourth-order valence-electron chi connectivity index (χ4n) is 2.37. The van der Waals surface area contributed by atoms with Crippen molar-refractivity contribution < 1.29 is 18.8 Å². The van der Waals surface area contributed by atoms with E-state index in [1.165, 1.54) is 6.08 Å². The number of anilines is 1. The summed E-state index contributed by atoms with van der Waals surface area (Å²) in [5.41, 5.74) is 0.762. The van der Waals surface area contributed by atoms with Crippen LogP contribution in [0.3, 0.4) is 0 Å². The van der Waals surface area contributed by atoms with Gasteiger partial charge in [-0.1, -0.05) is 65.8 Å². The van der Waals surface area contributed by atoms with Crippen LogP contribution in [0.4, 0.5) is 5.69 Å². The molecule has 1 N–H and O–H groups in total. The van der Waals surface area contributed by atoms with Gasteiger partial charge in [0.2, 0.25) is 14.2 Å². The first-order valence-electron chi connectivity index (χ1n) is 10.8. The molecule has 5 nitrogen and oxygen atoms in total. The summed E-state index contributed by atoms with van der Waals surface area (Å²) >= 11 is 0. The fraction of sp³-hybridized carbons (Fsp3) is 0.385. The third kappa shape index (κ3) is 7.09. The van der Waals surface area contributed by atoms with E-state index in [0.29, 0.717) is 11.4 Å². The molecule has 0 radical (unpaired) electrons. The van der Waals surface area contributed by atoms with Gasteiger partial charge in [-0.15, -0.1) is 0 Å². The average molecular weight is 454 g/mol. The monoisotopic (exact) mass is 453 g/mol. The molecule has 1 amide bonds. The topological polar surface area (TPSA) is 64.6 Å². The molecule has 0 spiro atoms. The second-order valence-corrected chi connectivity index (χ2v) is 15.1. The van der Waals surface area contributed by atoms with Gasteiger partial charge in [0.05, 0.1) is 5.69 Å². The maximum Gasteiger partial charge on any atom is 0.336 e. The number of para-hydroxylation sites is 2. The summed E-state index contributed by atoms with van der Waals surface area (Å²) in [5.74, 6) is 0.457. The van der Waals surface area contributed by atoms with Gasteiger partial charge in [-0.2, -0.15) is 0 Å². The van der Waals surface area contributed by atoms with Crippen molar-refractivity contribution in [1.82, 2.24) is 0 Å². The van der Waals surface area contributed by atoms with Crippen molar-refractivity contribution in [1.29, 1.82) is 0 Å². The van der Waals surface area contributed by atoms with Gasteiger partial charge in [-0.3, -0.25) is 4.79 Å². The number of hydrogen-bond acceptors (Lipinski definition) is 4. The van der Waals surface area contributed by atoms with Crippen molar-refractivity contribution in [3.05, 3.63) is 60.2 Å². The first kappa shape index (κ1) is 25.4. The van der Waals surface area contributed by atoms with Crippen LogP contribution < -0.4 is 14.5 Å². The Balaban J connectivity index is 2.04. The predicted molar refractivity (Wildman–Crippen MR) is 133 cm³/mol. The number of nitrogens with one attached hydrogen (secondary N) is 1. The lowest BCUT2D eigenvalue weighted by Crippen LogP contribution is -2.43. The lowest BCUT2D eigenvalue weighted by atomic mass is 9.95. The molecule has 0 atom stereocenters. The first-order chi connectivity index (χ1) is 14.7. The Hall–Kier alpha value is -2.86. The molecular weight excluding hydrogens is 418 g/mol. The van der Waals surface area contributed by atoms with Gasteiger partial charge in [0.15, 0.2) is 5.75 Å². The Kier molecular flexibility index (Phi) is 7.73. The van der Waals surface area contributed by atoms with E-state index in [1.54, 1.807) is 30.3 Å². The van der Waals surface area contributed by atoms with Crippen LogP contribution in [-0.2, 0) is 9.59 Å². The summed E-state index contributed by atoms with van der Waals surface area (Å²) in [6.45, 7) is 16.5. The third-order valence-corrected chi connectivity index (χ3v) is 9.86. The first-order valence-corrected chi connectivity index (χ1v) is 13.7. The molecule has 0 heterocycles. The van der Waals surface area contributed by atoms with E-state index in [1.807, 2.05) is 45.0 Å². The van der Waals surface area contributed by atoms with Crippen LogP contribution >= 0.6 is 0 Å². The molecule has 32 heavy (non-hydrogen) atoms. The number of benzene rings is 2. The van der Waals surface area contributed by atoms with Crippen LogP contribution in [0.1, 0.15) is 47.1 Å². The van der Waals surface area contributed by atoms with E-state index in [9.17, 15) is 9.59 Å². The van der Waals surface area contributed by atoms with E-state index in [-0.39, 0.29) is 10.9 Å². The summed E-state index contributed by atoms with van der Waals surface area (Å²) in [7, 11) is -1.89. The van der Waals surface area contributed by atoms with E-state index < -0.39 is 19.7 Å². The lowest BCUT2D eigenvalue weighted by Gasteiger charge is -2.36. The molecule has 172 valence electrons. The van der Waals surface area contributed by atoms with Gasteiger partial charge in [0, 0.05) is 11.5 Å². The van der Waals surface area contributed by atoms with Crippen molar-refractivity contribution in [3.8, 4) is 11.5 Å². The average Bonchev–Trinajstić information content (AvgIpc) is 2.67. The van der Waals surface area contributed by atoms with E-state index >= 15 is 0 Å². The molecule has 2 aromatic carbocycles. The Labute approximate surface area is 193 Å². The highest BCUT2D eigenvalue weighted by Gasteiger charge is 2.38. The van der Waals surface area contributed by atoms with E-state index in [4.69, 9.17) is 9.16 Å². The Morgan fingerprint density at radius 1 is 0.906 bits per heavy atom. The van der Waals surface area contributed by atoms with Gasteiger partial charge >= 0.3 is 5.97 Å². The molecule has 0 saturated heterocycles. The SMILES string of the molecule is CC(C)(C)C(=O)Nc1ccccc1OC(=O)/C=C/c1ccc(O[Si](C)(C)C(C)(C)C)cc1. The standard InChI is InChI=1S/C26H35NO4Si/c1-25(2,3)24(29)27-21-11-9-10-12-22(21)30-23(28)18-15-19-13-16-20(17-14-19)31-32(7,8)26(4,5)6/h9-18H,1-8H3,(H,27,29)/b18-15+. The number of rotatable bonds is 6. The summed E-state index contributed by atoms with van der Waals surface area (Å²) in [4.78, 5) is 24.6. The quantitative estimate of drug-likeness (QED) is 0.229. The zero-order valence-corrected chi connectivity index (χ0v) is 21.4. The Morgan fingerprint density at radius 2 is 1.50 bits per heavy atom. The summed E-state index contributed by atoms with van der Waals surface area (Å²) in [6.07, 6.45) is 3.06. The van der Waals surface area contributed by atoms with E-state index in [2.05, 4.69) is 39.2 Å². The Bertz CT molecular complexity index is 980. The Morgan fingerprint density at radius 3 is 2.06 bits per heavy atom. The van der Waals surface area contributed by atoms with Gasteiger partial charge < -0.3 is 14.5 Å². The van der Waals surface area contributed by atoms with Gasteiger partial charge in [0.25, 0.3) is 0 Å². The number of amides is 1. The minimum Gasteiger partial charge on any atom is -0.544 e. The molecule has 0 bridgehead atoms. The molecule has 2 rings (SSSR count). The van der Waals surface area contributed by atoms with Crippen LogP contribution in [0.5, 0.6) is 11.5 Å². The molecule has 0 aliphatic heterocycles. The normalized spacial score (nSPS) is 12.5. The molecule has 0 aromatic heterocycles. The number of carbonyl (C=O) groups is 2. The van der Waals surface area contributed by atoms with Crippen LogP contribution in [0.15, 0.2) is 54.6 Å². The molecule has 0 saturated carbocycles. The smallest absolute Gasteiger partial charge is 0.336 e. The van der Waals surface area contributed by atoms with Crippen molar-refractivity contribution in [2.24, 2.45) is 5.41 Å². The summed E-state index contributed by atoms with van der Waals surface area (Å²) in [5, 5.41) is 2.94. The second-order valence-electron chi connectivity index (χ2n) is 10.4. The molecule has 0 aliphatic carbocycles. The van der Waals surface area contributed by atoms with Gasteiger partial charge in [0.1, 0.15) is 5.75 Å². The summed E-state index contributed by atoms with van der Waals surface area (Å²) in [6, 6.07) is 14.5. The van der Waals surface area contributed by atoms with Crippen molar-refractivity contribution >= 4 is 32.0 Å². The number of esters is 1. The zero-order valence-electron chi connectivity index (χ0n) is 20.4. The molecule has 0 unspecified atom stereocenters. The predicted octanol–water partition coefficient (Wildman–Crippen LogP) is 6.67. The van der Waals surface area contributed by atoms with Crippen LogP contribution in [0.25, 0.3) is 6.08 Å². The second kappa shape index (κ2) is 9.73. The number of hydrogen-bond donors (Lipinski definition) is 1. The van der Waals surface area contributed by atoms with Gasteiger partial charge in [-0.05, 0) is 54.0 Å². The maximum atomic E-state index is 12.3. The van der Waals surface area contributed by atoms with Crippen LogP contribution in [0, 0.1) is 5.41 Å². The molecule has 2 aromatic rings. The molecule has 0 fully saturated rings. The highest BCUT2D eigenvalue weighted by Crippen LogP contribution is 2.37. The maximum absolute atomic E-state index is 12.3. The highest BCUT2D eigenvalue weighted by molar-refractivity contribution is 6.74. The third-order valence-electron chi connectivity index (χ3n) is 5.50. The fourth-order valence-corrected chi connectivity index (χ4v) is 3.40. The largest absolute Gasteiger partial charge is 0.544 e. The molecule has 0 aliphatic rings. The zero-order chi connectivity index (χ0) is 24.2. The van der Waals surface area contributed by atoms with Crippen molar-refractivity contribution in [2.45, 2.75) is 59.7 Å². The lowest BCUT2D eigenvalue weighted by molar-refractivity contribution is -0.129. The van der Waals surface area contributed by atoms with Gasteiger partial charge in [-0.25, -0.2) is 4.79 Å². The highest BCUT2D eigenvalue weighted by atomic mass is 28.4. The van der Waals surface area contributed by atoms with E-state index in [0.717, 1.165) is 11.3 Å². The van der Waals surface area contributed by atoms with Crippen molar-refractivity contribution in [3.63, 3.8) is 0 Å². The minimum atomic E-state index is -1.89. The van der Waals surface area contributed by atoms with Crippen molar-refractivity contribution in [2.75, 3.05) is 5.32 Å². The molecule has 6 heteroatoms. The summed E-state index contributed by atoms with van der Waals surface area (Å²) < 4.78 is 11.7. The number of carbonyl (C=O) groups excluding carboxylic acids is 2. The number of ether oxygens (including phenoxy) is 1. The van der Waals surface area contributed by atoms with Crippen LogP contribution in [0.2, 0.25) is 18.1 Å². The minimum absolute atomic E-state index is 0.123.